The Labute approximate surface area is 121 Å². The number of carbonyl (C=O) groups is 1. The Morgan fingerprint density at radius 2 is 1.90 bits per heavy atom. The molecule has 0 radical (unpaired) electrons. The fraction of sp³-hybridized carbons (Fsp3) is 0.923. The standard InChI is InChI=1S/C13H26N2O4S/c1-3-4-5-10-20(18,19)15-8-6-12(7-9-15)14(2)11-13(16)17/h12H,3-11H2,1-2H3,(H,16,17). The first kappa shape index (κ1) is 17.4. The third kappa shape index (κ3) is 5.38. The molecule has 0 amide bonds. The van der Waals surface area contributed by atoms with E-state index >= 15 is 0 Å². The van der Waals surface area contributed by atoms with Gasteiger partial charge in [0, 0.05) is 19.1 Å². The minimum absolute atomic E-state index is 0.00785. The lowest BCUT2D eigenvalue weighted by atomic mass is 10.1. The summed E-state index contributed by atoms with van der Waals surface area (Å²) in [5.41, 5.74) is 0. The fourth-order valence-electron chi connectivity index (χ4n) is 2.57. The molecule has 0 spiro atoms. The number of hydrogen-bond donors (Lipinski definition) is 1. The summed E-state index contributed by atoms with van der Waals surface area (Å²) in [6, 6.07) is 0.160. The van der Waals surface area contributed by atoms with Crippen LogP contribution in [0, 0.1) is 0 Å². The monoisotopic (exact) mass is 306 g/mol. The van der Waals surface area contributed by atoms with Gasteiger partial charge in [-0.15, -0.1) is 0 Å². The van der Waals surface area contributed by atoms with Crippen molar-refractivity contribution >= 4 is 16.0 Å². The average molecular weight is 306 g/mol. The summed E-state index contributed by atoms with van der Waals surface area (Å²) >= 11 is 0. The van der Waals surface area contributed by atoms with Crippen molar-refractivity contribution in [2.45, 2.75) is 45.1 Å². The highest BCUT2D eigenvalue weighted by atomic mass is 32.2. The molecule has 0 unspecified atom stereocenters. The van der Waals surface area contributed by atoms with Gasteiger partial charge in [-0.3, -0.25) is 9.69 Å². The van der Waals surface area contributed by atoms with E-state index in [9.17, 15) is 13.2 Å². The van der Waals surface area contributed by atoms with E-state index in [1.807, 2.05) is 0 Å². The van der Waals surface area contributed by atoms with Crippen molar-refractivity contribution in [3.8, 4) is 0 Å². The lowest BCUT2D eigenvalue weighted by Crippen LogP contribution is -2.47. The van der Waals surface area contributed by atoms with Crippen LogP contribution in [0.15, 0.2) is 0 Å². The highest BCUT2D eigenvalue weighted by Gasteiger charge is 2.29. The molecule has 118 valence electrons. The summed E-state index contributed by atoms with van der Waals surface area (Å²) in [5, 5.41) is 8.77. The molecule has 1 fully saturated rings. The smallest absolute Gasteiger partial charge is 0.317 e. The van der Waals surface area contributed by atoms with Gasteiger partial charge in [0.05, 0.1) is 12.3 Å². The van der Waals surface area contributed by atoms with Crippen LogP contribution in [0.2, 0.25) is 0 Å². The van der Waals surface area contributed by atoms with Crippen molar-refractivity contribution in [3.63, 3.8) is 0 Å². The van der Waals surface area contributed by atoms with Crippen molar-refractivity contribution in [1.82, 2.24) is 9.21 Å². The van der Waals surface area contributed by atoms with Crippen molar-refractivity contribution in [2.75, 3.05) is 32.4 Å². The maximum absolute atomic E-state index is 12.1. The van der Waals surface area contributed by atoms with Gasteiger partial charge >= 0.3 is 5.97 Å². The second-order valence-corrected chi connectivity index (χ2v) is 7.55. The molecular formula is C13H26N2O4S. The van der Waals surface area contributed by atoms with Crippen LogP contribution >= 0.6 is 0 Å². The Morgan fingerprint density at radius 1 is 1.30 bits per heavy atom. The minimum Gasteiger partial charge on any atom is -0.480 e. The molecule has 0 saturated carbocycles. The van der Waals surface area contributed by atoms with E-state index in [1.165, 1.54) is 0 Å². The summed E-state index contributed by atoms with van der Waals surface area (Å²) in [6.07, 6.45) is 4.08. The molecule has 0 aromatic carbocycles. The molecule has 0 aliphatic carbocycles. The van der Waals surface area contributed by atoms with Crippen molar-refractivity contribution < 1.29 is 18.3 Å². The second kappa shape index (κ2) is 7.95. The molecule has 1 aliphatic rings. The molecule has 7 heteroatoms. The number of nitrogens with zero attached hydrogens (tertiary/aromatic N) is 2. The lowest BCUT2D eigenvalue weighted by molar-refractivity contribution is -0.138. The van der Waals surface area contributed by atoms with Crippen LogP contribution in [0.5, 0.6) is 0 Å². The highest BCUT2D eigenvalue weighted by molar-refractivity contribution is 7.89. The Bertz CT molecular complexity index is 403. The SMILES string of the molecule is CCCCCS(=O)(=O)N1CCC(N(C)CC(=O)O)CC1. The molecule has 1 rings (SSSR count). The highest BCUT2D eigenvalue weighted by Crippen LogP contribution is 2.18. The molecule has 1 aliphatic heterocycles. The molecule has 1 heterocycles. The normalized spacial score (nSPS) is 18.6. The van der Waals surface area contributed by atoms with Crippen LogP contribution in [0.25, 0.3) is 0 Å². The molecule has 6 nitrogen and oxygen atoms in total. The van der Waals surface area contributed by atoms with Gasteiger partial charge in [-0.2, -0.15) is 0 Å². The number of unbranched alkanes of at least 4 members (excludes halogenated alkanes) is 2. The van der Waals surface area contributed by atoms with Crippen molar-refractivity contribution in [1.29, 1.82) is 0 Å². The zero-order valence-electron chi connectivity index (χ0n) is 12.4. The maximum atomic E-state index is 12.1. The average Bonchev–Trinajstić information content (AvgIpc) is 2.38. The topological polar surface area (TPSA) is 77.9 Å². The number of rotatable bonds is 8. The van der Waals surface area contributed by atoms with Crippen LogP contribution in [0.4, 0.5) is 0 Å². The van der Waals surface area contributed by atoms with Gasteiger partial charge in [0.2, 0.25) is 10.0 Å². The number of likely N-dealkylation sites (N-methyl/N-ethyl adjacent to an activating group) is 1. The number of piperidine rings is 1. The number of hydrogen-bond acceptors (Lipinski definition) is 4. The minimum atomic E-state index is -3.13. The van der Waals surface area contributed by atoms with Gasteiger partial charge in [-0.25, -0.2) is 12.7 Å². The second-order valence-electron chi connectivity index (χ2n) is 5.46. The number of aliphatic carboxylic acids is 1. The zero-order valence-corrected chi connectivity index (χ0v) is 13.2. The van der Waals surface area contributed by atoms with Crippen molar-refractivity contribution in [2.24, 2.45) is 0 Å². The molecule has 0 aromatic rings. The third-order valence-corrected chi connectivity index (χ3v) is 5.79. The van der Waals surface area contributed by atoms with E-state index < -0.39 is 16.0 Å². The van der Waals surface area contributed by atoms with Gasteiger partial charge in [0.15, 0.2) is 0 Å². The zero-order chi connectivity index (χ0) is 15.2. The van der Waals surface area contributed by atoms with E-state index in [1.54, 1.807) is 16.3 Å². The first-order valence-electron chi connectivity index (χ1n) is 7.26. The summed E-state index contributed by atoms with van der Waals surface area (Å²) in [4.78, 5) is 12.5. The Hall–Kier alpha value is -0.660. The number of carboxylic acids is 1. The van der Waals surface area contributed by atoms with Crippen LogP contribution in [-0.4, -0.2) is 67.2 Å². The summed E-state index contributed by atoms with van der Waals surface area (Å²) < 4.78 is 25.8. The predicted molar refractivity (Wildman–Crippen MR) is 78.2 cm³/mol. The predicted octanol–water partition coefficient (Wildman–Crippen LogP) is 0.987. The third-order valence-electron chi connectivity index (χ3n) is 3.83. The van der Waals surface area contributed by atoms with Gasteiger partial charge < -0.3 is 5.11 Å². The molecule has 1 N–H and O–H groups in total. The van der Waals surface area contributed by atoms with Gasteiger partial charge in [-0.05, 0) is 26.3 Å². The molecule has 0 atom stereocenters. The Morgan fingerprint density at radius 3 is 2.40 bits per heavy atom. The van der Waals surface area contributed by atoms with Crippen LogP contribution in [0.1, 0.15) is 39.0 Å². The first-order chi connectivity index (χ1) is 9.36. The molecule has 20 heavy (non-hydrogen) atoms. The van der Waals surface area contributed by atoms with E-state index in [0.29, 0.717) is 25.9 Å². The molecule has 0 aromatic heterocycles. The quantitative estimate of drug-likeness (QED) is 0.677. The van der Waals surface area contributed by atoms with E-state index in [2.05, 4.69) is 6.92 Å². The van der Waals surface area contributed by atoms with Gasteiger partial charge in [0.25, 0.3) is 0 Å². The van der Waals surface area contributed by atoms with Crippen LogP contribution in [-0.2, 0) is 14.8 Å². The van der Waals surface area contributed by atoms with Gasteiger partial charge in [-0.1, -0.05) is 19.8 Å². The first-order valence-corrected chi connectivity index (χ1v) is 8.87. The molecule has 1 saturated heterocycles. The van der Waals surface area contributed by atoms with Crippen LogP contribution in [0.3, 0.4) is 0 Å². The van der Waals surface area contributed by atoms with Gasteiger partial charge in [0.1, 0.15) is 0 Å². The number of carboxylic acid groups (broad SMARTS) is 1. The fourth-order valence-corrected chi connectivity index (χ4v) is 4.16. The Balaban J connectivity index is 2.43. The largest absolute Gasteiger partial charge is 0.480 e. The summed E-state index contributed by atoms with van der Waals surface area (Å²) in [6.45, 7) is 3.07. The van der Waals surface area contributed by atoms with Crippen LogP contribution < -0.4 is 0 Å². The van der Waals surface area contributed by atoms with E-state index in [0.717, 1.165) is 19.3 Å². The van der Waals surface area contributed by atoms with E-state index in [-0.39, 0.29) is 18.3 Å². The molecular weight excluding hydrogens is 280 g/mol. The van der Waals surface area contributed by atoms with E-state index in [4.69, 9.17) is 5.11 Å². The van der Waals surface area contributed by atoms with Crippen molar-refractivity contribution in [3.05, 3.63) is 0 Å². The number of sulfonamides is 1. The maximum Gasteiger partial charge on any atom is 0.317 e. The summed E-state index contributed by atoms with van der Waals surface area (Å²) in [5.74, 6) is -0.613. The molecule has 0 bridgehead atoms. The lowest BCUT2D eigenvalue weighted by Gasteiger charge is -2.35. The Kier molecular flexibility index (Phi) is 6.91. The summed E-state index contributed by atoms with van der Waals surface area (Å²) in [7, 11) is -1.35.